The summed E-state index contributed by atoms with van der Waals surface area (Å²) in [6.07, 6.45) is 0.897. The van der Waals surface area contributed by atoms with Crippen molar-refractivity contribution < 1.29 is 4.74 Å². The molecule has 1 aromatic carbocycles. The Morgan fingerprint density at radius 2 is 2.00 bits per heavy atom. The predicted molar refractivity (Wildman–Crippen MR) is 64.8 cm³/mol. The van der Waals surface area contributed by atoms with Crippen LogP contribution in [0.5, 0.6) is 11.6 Å². The van der Waals surface area contributed by atoms with Crippen molar-refractivity contribution in [1.82, 2.24) is 4.98 Å². The Hall–Kier alpha value is -2.34. The molecular formula is C14H12N2O. The smallest absolute Gasteiger partial charge is 0.220 e. The minimum Gasteiger partial charge on any atom is -0.439 e. The molecule has 17 heavy (non-hydrogen) atoms. The maximum absolute atomic E-state index is 8.76. The first kappa shape index (κ1) is 11.2. The largest absolute Gasteiger partial charge is 0.439 e. The Morgan fingerprint density at radius 3 is 2.76 bits per heavy atom. The van der Waals surface area contributed by atoms with Crippen molar-refractivity contribution in [1.29, 1.82) is 5.26 Å². The van der Waals surface area contributed by atoms with Gasteiger partial charge in [-0.15, -0.1) is 0 Å². The zero-order valence-electron chi connectivity index (χ0n) is 9.55. The van der Waals surface area contributed by atoms with Crippen LogP contribution < -0.4 is 4.74 Å². The summed E-state index contributed by atoms with van der Waals surface area (Å²) in [6.45, 7) is 2.07. The van der Waals surface area contributed by atoms with Crippen molar-refractivity contribution in [2.45, 2.75) is 13.3 Å². The minimum absolute atomic E-state index is 0.358. The van der Waals surface area contributed by atoms with Crippen LogP contribution in [0, 0.1) is 11.3 Å². The number of para-hydroxylation sites is 1. The third kappa shape index (κ3) is 2.61. The number of aromatic nitrogens is 1. The monoisotopic (exact) mass is 224 g/mol. The molecule has 0 aliphatic carbocycles. The van der Waals surface area contributed by atoms with Crippen LogP contribution in [-0.2, 0) is 6.42 Å². The Morgan fingerprint density at radius 1 is 1.18 bits per heavy atom. The Labute approximate surface area is 100 Å². The molecule has 0 spiro atoms. The van der Waals surface area contributed by atoms with E-state index >= 15 is 0 Å². The molecule has 1 heterocycles. The number of nitriles is 1. The molecule has 0 aliphatic heterocycles. The predicted octanol–water partition coefficient (Wildman–Crippen LogP) is 3.31. The maximum atomic E-state index is 8.76. The second-order valence-corrected chi connectivity index (χ2v) is 3.54. The highest BCUT2D eigenvalue weighted by Gasteiger charge is 2.03. The van der Waals surface area contributed by atoms with E-state index in [4.69, 9.17) is 10.00 Å². The number of nitrogens with zero attached hydrogens (tertiary/aromatic N) is 2. The van der Waals surface area contributed by atoms with Gasteiger partial charge in [-0.2, -0.15) is 5.26 Å². The van der Waals surface area contributed by atoms with Gasteiger partial charge in [-0.05, 0) is 24.1 Å². The van der Waals surface area contributed by atoms with Gasteiger partial charge in [0.25, 0.3) is 0 Å². The number of hydrogen-bond acceptors (Lipinski definition) is 3. The summed E-state index contributed by atoms with van der Waals surface area (Å²) in [6, 6.07) is 15.0. The van der Waals surface area contributed by atoms with Gasteiger partial charge in [-0.25, -0.2) is 4.98 Å². The van der Waals surface area contributed by atoms with Crippen molar-refractivity contribution in [2.24, 2.45) is 0 Å². The van der Waals surface area contributed by atoms with Gasteiger partial charge < -0.3 is 4.74 Å². The Kier molecular flexibility index (Phi) is 3.37. The van der Waals surface area contributed by atoms with Gasteiger partial charge in [-0.1, -0.05) is 31.2 Å². The molecule has 0 amide bonds. The van der Waals surface area contributed by atoms with E-state index in [0.717, 1.165) is 17.7 Å². The van der Waals surface area contributed by atoms with Gasteiger partial charge >= 0.3 is 0 Å². The molecule has 0 atom stereocenters. The van der Waals surface area contributed by atoms with E-state index in [0.29, 0.717) is 11.6 Å². The fourth-order valence-corrected chi connectivity index (χ4v) is 1.54. The Bertz CT molecular complexity index is 558. The number of ether oxygens (including phenoxy) is 1. The lowest BCUT2D eigenvalue weighted by molar-refractivity contribution is 0.457. The number of benzene rings is 1. The lowest BCUT2D eigenvalue weighted by Crippen LogP contribution is -1.93. The van der Waals surface area contributed by atoms with Gasteiger partial charge in [-0.3, -0.25) is 0 Å². The first-order valence-corrected chi connectivity index (χ1v) is 5.46. The van der Waals surface area contributed by atoms with E-state index in [-0.39, 0.29) is 0 Å². The van der Waals surface area contributed by atoms with E-state index in [1.807, 2.05) is 30.3 Å². The lowest BCUT2D eigenvalue weighted by Gasteiger charge is -2.08. The highest BCUT2D eigenvalue weighted by molar-refractivity contribution is 5.36. The molecule has 84 valence electrons. The maximum Gasteiger partial charge on any atom is 0.220 e. The molecule has 0 saturated carbocycles. The molecule has 0 aliphatic rings. The van der Waals surface area contributed by atoms with Crippen molar-refractivity contribution in [3.05, 3.63) is 53.7 Å². The first-order valence-electron chi connectivity index (χ1n) is 5.46. The molecule has 0 unspecified atom stereocenters. The van der Waals surface area contributed by atoms with Crippen LogP contribution in [0.25, 0.3) is 0 Å². The van der Waals surface area contributed by atoms with Gasteiger partial charge in [0.15, 0.2) is 0 Å². The molecule has 3 nitrogen and oxygen atoms in total. The molecule has 2 aromatic rings. The van der Waals surface area contributed by atoms with Crippen LogP contribution in [0.15, 0.2) is 42.5 Å². The van der Waals surface area contributed by atoms with Crippen molar-refractivity contribution >= 4 is 0 Å². The summed E-state index contributed by atoms with van der Waals surface area (Å²) < 4.78 is 5.68. The van der Waals surface area contributed by atoms with Crippen molar-refractivity contribution in [3.8, 4) is 17.7 Å². The number of pyridine rings is 1. The SMILES string of the molecule is CCc1ccccc1Oc1cccc(C#N)n1. The van der Waals surface area contributed by atoms with Crippen LogP contribution in [0.2, 0.25) is 0 Å². The molecule has 3 heteroatoms. The molecule has 0 N–H and O–H groups in total. The number of rotatable bonds is 3. The summed E-state index contributed by atoms with van der Waals surface area (Å²) in [5, 5.41) is 8.76. The van der Waals surface area contributed by atoms with Gasteiger partial charge in [0.2, 0.25) is 5.88 Å². The van der Waals surface area contributed by atoms with Gasteiger partial charge in [0.05, 0.1) is 0 Å². The van der Waals surface area contributed by atoms with E-state index < -0.39 is 0 Å². The van der Waals surface area contributed by atoms with E-state index in [2.05, 4.69) is 11.9 Å². The van der Waals surface area contributed by atoms with E-state index in [1.54, 1.807) is 18.2 Å². The van der Waals surface area contributed by atoms with Crippen LogP contribution in [-0.4, -0.2) is 4.98 Å². The topological polar surface area (TPSA) is 45.9 Å². The zero-order valence-corrected chi connectivity index (χ0v) is 9.55. The molecule has 2 rings (SSSR count). The molecular weight excluding hydrogens is 212 g/mol. The second-order valence-electron chi connectivity index (χ2n) is 3.54. The van der Waals surface area contributed by atoms with Crippen LogP contribution in [0.4, 0.5) is 0 Å². The fraction of sp³-hybridized carbons (Fsp3) is 0.143. The van der Waals surface area contributed by atoms with Crippen LogP contribution >= 0.6 is 0 Å². The van der Waals surface area contributed by atoms with Gasteiger partial charge in [0, 0.05) is 6.07 Å². The van der Waals surface area contributed by atoms with E-state index in [9.17, 15) is 0 Å². The normalized spacial score (nSPS) is 9.65. The zero-order chi connectivity index (χ0) is 12.1. The highest BCUT2D eigenvalue weighted by Crippen LogP contribution is 2.24. The lowest BCUT2D eigenvalue weighted by atomic mass is 10.1. The van der Waals surface area contributed by atoms with E-state index in [1.165, 1.54) is 0 Å². The third-order valence-electron chi connectivity index (χ3n) is 2.41. The number of hydrogen-bond donors (Lipinski definition) is 0. The second kappa shape index (κ2) is 5.13. The van der Waals surface area contributed by atoms with Crippen molar-refractivity contribution in [3.63, 3.8) is 0 Å². The van der Waals surface area contributed by atoms with Crippen LogP contribution in [0.1, 0.15) is 18.2 Å². The quantitative estimate of drug-likeness (QED) is 0.803. The van der Waals surface area contributed by atoms with Crippen molar-refractivity contribution in [2.75, 3.05) is 0 Å². The molecule has 0 radical (unpaired) electrons. The third-order valence-corrected chi connectivity index (χ3v) is 2.41. The summed E-state index contributed by atoms with van der Waals surface area (Å²) in [4.78, 5) is 4.08. The standard InChI is InChI=1S/C14H12N2O/c1-2-11-6-3-4-8-13(11)17-14-9-5-7-12(10-15)16-14/h3-9H,2H2,1H3. The summed E-state index contributed by atoms with van der Waals surface area (Å²) in [7, 11) is 0. The molecule has 1 aromatic heterocycles. The fourth-order valence-electron chi connectivity index (χ4n) is 1.54. The average molecular weight is 224 g/mol. The first-order chi connectivity index (χ1) is 8.33. The molecule has 0 fully saturated rings. The summed E-state index contributed by atoms with van der Waals surface area (Å²) in [5.74, 6) is 1.24. The molecule has 0 saturated heterocycles. The average Bonchev–Trinajstić information content (AvgIpc) is 2.39. The molecule has 0 bridgehead atoms. The van der Waals surface area contributed by atoms with Gasteiger partial charge in [0.1, 0.15) is 17.5 Å². The Balaban J connectivity index is 2.28. The highest BCUT2D eigenvalue weighted by atomic mass is 16.5. The summed E-state index contributed by atoms with van der Waals surface area (Å²) >= 11 is 0. The summed E-state index contributed by atoms with van der Waals surface area (Å²) in [5.41, 5.74) is 1.48. The minimum atomic E-state index is 0.358. The van der Waals surface area contributed by atoms with Crippen LogP contribution in [0.3, 0.4) is 0 Å². The number of aryl methyl sites for hydroxylation is 1.